The monoisotopic (exact) mass is 348 g/mol. The molecule has 1 fully saturated rings. The molecule has 2 aromatic rings. The van der Waals surface area contributed by atoms with E-state index in [9.17, 15) is 9.59 Å². The molecule has 1 aromatic heterocycles. The van der Waals surface area contributed by atoms with E-state index in [4.69, 9.17) is 16.1 Å². The summed E-state index contributed by atoms with van der Waals surface area (Å²) in [5.74, 6) is 0.582. The van der Waals surface area contributed by atoms with E-state index >= 15 is 0 Å². The summed E-state index contributed by atoms with van der Waals surface area (Å²) in [6, 6.07) is 7.68. The molecule has 2 heterocycles. The van der Waals surface area contributed by atoms with Crippen molar-refractivity contribution in [1.29, 1.82) is 0 Å². The number of hydrogen-bond acceptors (Lipinski definition) is 4. The number of hydrogen-bond donors (Lipinski definition) is 3. The summed E-state index contributed by atoms with van der Waals surface area (Å²) in [7, 11) is 0. The molecular formula is C16H17ClN4O3. The van der Waals surface area contributed by atoms with Crippen molar-refractivity contribution in [2.24, 2.45) is 0 Å². The number of halogens is 1. The van der Waals surface area contributed by atoms with Gasteiger partial charge in [0.15, 0.2) is 11.6 Å². The first kappa shape index (κ1) is 16.3. The normalized spacial score (nSPS) is 17.7. The van der Waals surface area contributed by atoms with E-state index in [0.29, 0.717) is 23.7 Å². The van der Waals surface area contributed by atoms with Crippen LogP contribution in [0.1, 0.15) is 19.3 Å². The first-order chi connectivity index (χ1) is 11.6. The Hall–Kier alpha value is -2.54. The third kappa shape index (κ3) is 4.05. The lowest BCUT2D eigenvalue weighted by atomic mass is 10.1. The maximum atomic E-state index is 12.0. The summed E-state index contributed by atoms with van der Waals surface area (Å²) in [6.45, 7) is 0.644. The van der Waals surface area contributed by atoms with E-state index in [-0.39, 0.29) is 11.7 Å². The Labute approximate surface area is 143 Å². The molecular weight excluding hydrogens is 332 g/mol. The smallest absolute Gasteiger partial charge is 0.321 e. The van der Waals surface area contributed by atoms with Crippen LogP contribution in [0.5, 0.6) is 0 Å². The zero-order chi connectivity index (χ0) is 16.9. The van der Waals surface area contributed by atoms with Crippen molar-refractivity contribution in [1.82, 2.24) is 15.8 Å². The van der Waals surface area contributed by atoms with E-state index in [1.165, 1.54) is 0 Å². The predicted molar refractivity (Wildman–Crippen MR) is 89.8 cm³/mol. The number of aromatic nitrogens is 1. The number of anilines is 1. The van der Waals surface area contributed by atoms with E-state index in [1.54, 1.807) is 24.3 Å². The topological polar surface area (TPSA) is 96.3 Å². The minimum atomic E-state index is -0.535. The predicted octanol–water partition coefficient (Wildman–Crippen LogP) is 2.79. The third-order valence-corrected chi connectivity index (χ3v) is 3.94. The second kappa shape index (κ2) is 7.35. The molecule has 0 bridgehead atoms. The van der Waals surface area contributed by atoms with Gasteiger partial charge in [0.05, 0.1) is 0 Å². The van der Waals surface area contributed by atoms with Crippen molar-refractivity contribution >= 4 is 29.4 Å². The van der Waals surface area contributed by atoms with Crippen molar-refractivity contribution < 1.29 is 14.1 Å². The number of rotatable bonds is 3. The van der Waals surface area contributed by atoms with Gasteiger partial charge in [-0.25, -0.2) is 4.79 Å². The zero-order valence-corrected chi connectivity index (χ0v) is 13.6. The highest BCUT2D eigenvalue weighted by Gasteiger charge is 2.22. The van der Waals surface area contributed by atoms with Gasteiger partial charge in [-0.15, -0.1) is 0 Å². The number of nitrogens with zero attached hydrogens (tertiary/aromatic N) is 1. The average molecular weight is 349 g/mol. The second-order valence-corrected chi connectivity index (χ2v) is 5.96. The molecule has 0 saturated carbocycles. The van der Waals surface area contributed by atoms with Crippen molar-refractivity contribution in [2.45, 2.75) is 25.3 Å². The van der Waals surface area contributed by atoms with Gasteiger partial charge >= 0.3 is 6.03 Å². The second-order valence-electron chi connectivity index (χ2n) is 5.52. The van der Waals surface area contributed by atoms with Crippen LogP contribution in [-0.2, 0) is 4.79 Å². The van der Waals surface area contributed by atoms with E-state index < -0.39 is 12.1 Å². The Morgan fingerprint density at radius 1 is 1.33 bits per heavy atom. The minimum absolute atomic E-state index is 0.164. The number of nitrogens with one attached hydrogen (secondary N) is 3. The Kier molecular flexibility index (Phi) is 5.00. The van der Waals surface area contributed by atoms with Crippen molar-refractivity contribution in [3.8, 4) is 11.3 Å². The molecule has 1 atom stereocenters. The first-order valence-corrected chi connectivity index (χ1v) is 8.07. The summed E-state index contributed by atoms with van der Waals surface area (Å²) < 4.78 is 5.21. The van der Waals surface area contributed by atoms with Crippen LogP contribution in [0.15, 0.2) is 34.9 Å². The fourth-order valence-corrected chi connectivity index (χ4v) is 2.69. The Balaban J connectivity index is 1.62. The minimum Gasteiger partial charge on any atom is -0.354 e. The van der Waals surface area contributed by atoms with Crippen LogP contribution in [-0.4, -0.2) is 29.7 Å². The van der Waals surface area contributed by atoms with E-state index in [1.807, 2.05) is 6.07 Å². The van der Waals surface area contributed by atoms with Crippen molar-refractivity contribution in [3.05, 3.63) is 35.4 Å². The van der Waals surface area contributed by atoms with Crippen LogP contribution >= 0.6 is 11.6 Å². The molecule has 0 radical (unpaired) electrons. The SMILES string of the molecule is O=C(Nc1cc(-c2cccc(Cl)c2)on1)NC1CCCCNC1=O. The molecule has 24 heavy (non-hydrogen) atoms. The number of carbonyl (C=O) groups is 2. The third-order valence-electron chi connectivity index (χ3n) is 3.70. The molecule has 3 rings (SSSR count). The van der Waals surface area contributed by atoms with Crippen LogP contribution < -0.4 is 16.0 Å². The molecule has 1 aromatic carbocycles. The molecule has 126 valence electrons. The van der Waals surface area contributed by atoms with Gasteiger partial charge in [-0.1, -0.05) is 28.9 Å². The zero-order valence-electron chi connectivity index (χ0n) is 12.8. The molecule has 8 heteroatoms. The largest absolute Gasteiger partial charge is 0.354 e. The summed E-state index contributed by atoms with van der Waals surface area (Å²) >= 11 is 5.94. The Morgan fingerprint density at radius 3 is 3.04 bits per heavy atom. The summed E-state index contributed by atoms with van der Waals surface area (Å²) in [5.41, 5.74) is 0.756. The summed E-state index contributed by atoms with van der Waals surface area (Å²) in [5, 5.41) is 12.4. The maximum absolute atomic E-state index is 12.0. The quantitative estimate of drug-likeness (QED) is 0.794. The fourth-order valence-electron chi connectivity index (χ4n) is 2.50. The van der Waals surface area contributed by atoms with Crippen LogP contribution in [0.4, 0.5) is 10.6 Å². The van der Waals surface area contributed by atoms with Gasteiger partial charge in [-0.2, -0.15) is 0 Å². The lowest BCUT2D eigenvalue weighted by molar-refractivity contribution is -0.122. The van der Waals surface area contributed by atoms with E-state index in [0.717, 1.165) is 18.4 Å². The van der Waals surface area contributed by atoms with Crippen molar-refractivity contribution in [3.63, 3.8) is 0 Å². The van der Waals surface area contributed by atoms with Gasteiger partial charge < -0.3 is 15.2 Å². The molecule has 1 aliphatic heterocycles. The number of urea groups is 1. The average Bonchev–Trinajstić information content (AvgIpc) is 2.92. The molecule has 1 aliphatic rings. The van der Waals surface area contributed by atoms with Crippen molar-refractivity contribution in [2.75, 3.05) is 11.9 Å². The van der Waals surface area contributed by atoms with Gasteiger partial charge in [0, 0.05) is 23.2 Å². The van der Waals surface area contributed by atoms with Crippen LogP contribution in [0.3, 0.4) is 0 Å². The summed E-state index contributed by atoms with van der Waals surface area (Å²) in [6.07, 6.45) is 2.41. The lowest BCUT2D eigenvalue weighted by Gasteiger charge is -2.14. The Morgan fingerprint density at radius 2 is 2.21 bits per heavy atom. The Bertz CT molecular complexity index is 746. The highest BCUT2D eigenvalue weighted by Crippen LogP contribution is 2.24. The highest BCUT2D eigenvalue weighted by atomic mass is 35.5. The van der Waals surface area contributed by atoms with Gasteiger partial charge in [0.2, 0.25) is 5.91 Å². The molecule has 1 saturated heterocycles. The standard InChI is InChI=1S/C16H17ClN4O3/c17-11-5-3-4-10(8-11)13-9-14(21-24-13)20-16(23)19-12-6-1-2-7-18-15(12)22/h3-5,8-9,12H,1-2,6-7H2,(H,18,22)(H2,19,20,21,23). The first-order valence-electron chi connectivity index (χ1n) is 7.70. The maximum Gasteiger partial charge on any atom is 0.321 e. The molecule has 7 nitrogen and oxygen atoms in total. The lowest BCUT2D eigenvalue weighted by Crippen LogP contribution is -2.47. The number of benzene rings is 1. The molecule has 3 amide bonds. The van der Waals surface area contributed by atoms with Gasteiger partial charge in [-0.3, -0.25) is 10.1 Å². The molecule has 3 N–H and O–H groups in total. The van der Waals surface area contributed by atoms with Gasteiger partial charge in [0.1, 0.15) is 6.04 Å². The number of carbonyl (C=O) groups excluding carboxylic acids is 2. The number of amides is 3. The highest BCUT2D eigenvalue weighted by molar-refractivity contribution is 6.30. The van der Waals surface area contributed by atoms with Crippen LogP contribution in [0.25, 0.3) is 11.3 Å². The van der Waals surface area contributed by atoms with Crippen LogP contribution in [0, 0.1) is 0 Å². The van der Waals surface area contributed by atoms with Gasteiger partial charge in [0.25, 0.3) is 0 Å². The molecule has 0 aliphatic carbocycles. The van der Waals surface area contributed by atoms with Gasteiger partial charge in [-0.05, 0) is 31.4 Å². The molecule has 1 unspecified atom stereocenters. The van der Waals surface area contributed by atoms with Crippen LogP contribution in [0.2, 0.25) is 5.02 Å². The summed E-state index contributed by atoms with van der Waals surface area (Å²) in [4.78, 5) is 23.9. The van der Waals surface area contributed by atoms with E-state index in [2.05, 4.69) is 21.1 Å². The molecule has 0 spiro atoms. The fraction of sp³-hybridized carbons (Fsp3) is 0.312.